The molecule has 1 N–H and O–H groups in total. The van der Waals surface area contributed by atoms with E-state index in [1.165, 1.54) is 11.3 Å². The molecule has 0 bridgehead atoms. The Morgan fingerprint density at radius 1 is 1.28 bits per heavy atom. The van der Waals surface area contributed by atoms with Crippen molar-refractivity contribution in [2.24, 2.45) is 0 Å². The van der Waals surface area contributed by atoms with Crippen LogP contribution in [-0.2, 0) is 4.79 Å². The lowest BCUT2D eigenvalue weighted by Crippen LogP contribution is -2.51. The van der Waals surface area contributed by atoms with Crippen LogP contribution in [0, 0.1) is 0 Å². The van der Waals surface area contributed by atoms with Crippen molar-refractivity contribution in [1.82, 2.24) is 9.80 Å². The van der Waals surface area contributed by atoms with Gasteiger partial charge in [-0.1, -0.05) is 0 Å². The van der Waals surface area contributed by atoms with Gasteiger partial charge in [-0.05, 0) is 27.4 Å². The molecule has 0 atom stereocenters. The number of aliphatic hydroxyl groups is 1. The van der Waals surface area contributed by atoms with Crippen LogP contribution in [0.1, 0.15) is 9.67 Å². The van der Waals surface area contributed by atoms with Crippen LogP contribution in [0.5, 0.6) is 0 Å². The third-order valence-corrected chi connectivity index (χ3v) is 4.69. The van der Waals surface area contributed by atoms with E-state index in [9.17, 15) is 9.59 Å². The van der Waals surface area contributed by atoms with E-state index in [-0.39, 0.29) is 11.8 Å². The van der Waals surface area contributed by atoms with E-state index in [4.69, 9.17) is 5.11 Å². The lowest BCUT2D eigenvalue weighted by molar-refractivity contribution is -0.135. The lowest BCUT2D eigenvalue weighted by atomic mass is 10.3. The van der Waals surface area contributed by atoms with Crippen molar-refractivity contribution in [1.29, 1.82) is 0 Å². The molecule has 5 nitrogen and oxygen atoms in total. The van der Waals surface area contributed by atoms with Gasteiger partial charge >= 0.3 is 0 Å². The average molecular weight is 333 g/mol. The first-order valence-corrected chi connectivity index (χ1v) is 7.21. The minimum absolute atomic E-state index is 0.00651. The van der Waals surface area contributed by atoms with Gasteiger partial charge < -0.3 is 14.9 Å². The Bertz CT molecular complexity index is 455. The number of aliphatic hydroxyl groups excluding tert-OH is 1. The maximum absolute atomic E-state index is 12.2. The molecule has 0 saturated carbocycles. The van der Waals surface area contributed by atoms with Gasteiger partial charge in [0.05, 0.1) is 0 Å². The van der Waals surface area contributed by atoms with Crippen LogP contribution in [0.2, 0.25) is 0 Å². The van der Waals surface area contributed by atoms with E-state index in [1.807, 2.05) is 11.4 Å². The monoisotopic (exact) mass is 332 g/mol. The minimum Gasteiger partial charge on any atom is -0.387 e. The highest BCUT2D eigenvalue weighted by molar-refractivity contribution is 9.10. The van der Waals surface area contributed by atoms with E-state index in [0.717, 1.165) is 4.47 Å². The summed E-state index contributed by atoms with van der Waals surface area (Å²) in [6, 6.07) is 1.85. The summed E-state index contributed by atoms with van der Waals surface area (Å²) in [5, 5.41) is 10.6. The molecule has 0 radical (unpaired) electrons. The quantitative estimate of drug-likeness (QED) is 0.870. The molecule has 2 amide bonds. The van der Waals surface area contributed by atoms with E-state index in [0.29, 0.717) is 31.1 Å². The summed E-state index contributed by atoms with van der Waals surface area (Å²) in [5.74, 6) is -0.285. The molecule has 98 valence electrons. The molecule has 7 heteroatoms. The highest BCUT2D eigenvalue weighted by atomic mass is 79.9. The number of hydrogen-bond donors (Lipinski definition) is 1. The first-order valence-electron chi connectivity index (χ1n) is 5.54. The van der Waals surface area contributed by atoms with Crippen LogP contribution in [0.4, 0.5) is 0 Å². The highest BCUT2D eigenvalue weighted by Crippen LogP contribution is 2.24. The van der Waals surface area contributed by atoms with Gasteiger partial charge in [0.2, 0.25) is 5.91 Å². The van der Waals surface area contributed by atoms with Crippen molar-refractivity contribution in [3.05, 3.63) is 20.8 Å². The lowest BCUT2D eigenvalue weighted by Gasteiger charge is -2.34. The average Bonchev–Trinajstić information content (AvgIpc) is 2.83. The van der Waals surface area contributed by atoms with Gasteiger partial charge in [-0.3, -0.25) is 9.59 Å². The number of hydrogen-bond acceptors (Lipinski definition) is 4. The van der Waals surface area contributed by atoms with Gasteiger partial charge in [-0.2, -0.15) is 0 Å². The Morgan fingerprint density at radius 3 is 2.39 bits per heavy atom. The number of carbonyl (C=O) groups is 2. The summed E-state index contributed by atoms with van der Waals surface area (Å²) < 4.78 is 0.811. The first kappa shape index (κ1) is 13.5. The SMILES string of the molecule is O=C(CO)N1CCN(C(=O)c2sccc2Br)CC1. The van der Waals surface area contributed by atoms with Crippen LogP contribution < -0.4 is 0 Å². The van der Waals surface area contributed by atoms with E-state index in [1.54, 1.807) is 9.80 Å². The zero-order chi connectivity index (χ0) is 13.1. The van der Waals surface area contributed by atoms with Crippen LogP contribution in [0.3, 0.4) is 0 Å². The molecule has 0 spiro atoms. The Kier molecular flexibility index (Phi) is 4.36. The molecule has 1 aromatic rings. The van der Waals surface area contributed by atoms with Crippen molar-refractivity contribution in [3.8, 4) is 0 Å². The molecular formula is C11H13BrN2O3S. The second-order valence-corrected chi connectivity index (χ2v) is 5.70. The maximum Gasteiger partial charge on any atom is 0.265 e. The zero-order valence-electron chi connectivity index (χ0n) is 9.63. The Labute approximate surface area is 117 Å². The van der Waals surface area contributed by atoms with Crippen molar-refractivity contribution in [2.75, 3.05) is 32.8 Å². The minimum atomic E-state index is -0.468. The van der Waals surface area contributed by atoms with Crippen molar-refractivity contribution in [2.45, 2.75) is 0 Å². The number of amides is 2. The van der Waals surface area contributed by atoms with Crippen LogP contribution in [-0.4, -0.2) is 59.5 Å². The fraction of sp³-hybridized carbons (Fsp3) is 0.455. The van der Waals surface area contributed by atoms with Gasteiger partial charge in [-0.25, -0.2) is 0 Å². The van der Waals surface area contributed by atoms with Crippen molar-refractivity contribution >= 4 is 39.1 Å². The van der Waals surface area contributed by atoms with E-state index in [2.05, 4.69) is 15.9 Å². The summed E-state index contributed by atoms with van der Waals surface area (Å²) >= 11 is 4.75. The normalized spacial score (nSPS) is 15.9. The first-order chi connectivity index (χ1) is 8.63. The molecule has 1 aliphatic heterocycles. The molecule has 2 heterocycles. The smallest absolute Gasteiger partial charge is 0.265 e. The van der Waals surface area contributed by atoms with Gasteiger partial charge in [0.1, 0.15) is 11.5 Å². The Morgan fingerprint density at radius 2 is 1.89 bits per heavy atom. The fourth-order valence-electron chi connectivity index (χ4n) is 1.85. The van der Waals surface area contributed by atoms with Crippen LogP contribution in [0.15, 0.2) is 15.9 Å². The number of piperazine rings is 1. The topological polar surface area (TPSA) is 60.9 Å². The predicted molar refractivity (Wildman–Crippen MR) is 71.6 cm³/mol. The summed E-state index contributed by atoms with van der Waals surface area (Å²) in [7, 11) is 0. The van der Waals surface area contributed by atoms with Gasteiger partial charge in [0, 0.05) is 30.7 Å². The van der Waals surface area contributed by atoms with Crippen molar-refractivity contribution < 1.29 is 14.7 Å². The third-order valence-electron chi connectivity index (χ3n) is 2.87. The molecule has 0 unspecified atom stereocenters. The molecule has 18 heavy (non-hydrogen) atoms. The molecule has 1 aliphatic rings. The standard InChI is InChI=1S/C11H13BrN2O3S/c12-8-1-6-18-10(8)11(17)14-4-2-13(3-5-14)9(16)7-15/h1,6,15H,2-5,7H2. The number of nitrogens with zero attached hydrogens (tertiary/aromatic N) is 2. The Balaban J connectivity index is 1.96. The molecular weight excluding hydrogens is 320 g/mol. The van der Waals surface area contributed by atoms with Crippen molar-refractivity contribution in [3.63, 3.8) is 0 Å². The molecule has 1 aromatic heterocycles. The largest absolute Gasteiger partial charge is 0.387 e. The summed E-state index contributed by atoms with van der Waals surface area (Å²) in [6.07, 6.45) is 0. The van der Waals surface area contributed by atoms with Crippen LogP contribution >= 0.6 is 27.3 Å². The van der Waals surface area contributed by atoms with E-state index < -0.39 is 6.61 Å². The number of carbonyl (C=O) groups excluding carboxylic acids is 2. The summed E-state index contributed by atoms with van der Waals surface area (Å²) in [4.78, 5) is 27.5. The summed E-state index contributed by atoms with van der Waals surface area (Å²) in [5.41, 5.74) is 0. The molecule has 2 rings (SSSR count). The second kappa shape index (κ2) is 5.81. The Hall–Kier alpha value is -0.920. The highest BCUT2D eigenvalue weighted by Gasteiger charge is 2.25. The summed E-state index contributed by atoms with van der Waals surface area (Å²) in [6.45, 7) is 1.51. The van der Waals surface area contributed by atoms with Gasteiger partial charge in [0.25, 0.3) is 5.91 Å². The molecule has 1 fully saturated rings. The molecule has 0 aliphatic carbocycles. The number of halogens is 1. The molecule has 1 saturated heterocycles. The fourth-order valence-corrected chi connectivity index (χ4v) is 3.36. The third kappa shape index (κ3) is 2.73. The molecule has 0 aromatic carbocycles. The van der Waals surface area contributed by atoms with E-state index >= 15 is 0 Å². The second-order valence-electron chi connectivity index (χ2n) is 3.93. The predicted octanol–water partition coefficient (Wildman–Crippen LogP) is 0.787. The number of rotatable bonds is 2. The van der Waals surface area contributed by atoms with Gasteiger partial charge in [-0.15, -0.1) is 11.3 Å². The maximum atomic E-state index is 12.2. The zero-order valence-corrected chi connectivity index (χ0v) is 12.0. The van der Waals surface area contributed by atoms with Gasteiger partial charge in [0.15, 0.2) is 0 Å². The number of thiophene rings is 1. The van der Waals surface area contributed by atoms with Crippen LogP contribution in [0.25, 0.3) is 0 Å².